The van der Waals surface area contributed by atoms with Crippen molar-refractivity contribution < 1.29 is 14.7 Å². The number of amides is 1. The van der Waals surface area contributed by atoms with E-state index in [4.69, 9.17) is 16.7 Å². The van der Waals surface area contributed by atoms with Crippen LogP contribution in [0.25, 0.3) is 0 Å². The fraction of sp³-hybridized carbons (Fsp3) is 0.125. The number of aromatic carboxylic acids is 1. The average molecular weight is 304 g/mol. The van der Waals surface area contributed by atoms with Crippen molar-refractivity contribution in [1.29, 1.82) is 0 Å². The molecule has 0 unspecified atom stereocenters. The fourth-order valence-electron chi connectivity index (χ4n) is 2.07. The Hall–Kier alpha value is -2.33. The number of halogens is 1. The van der Waals surface area contributed by atoms with E-state index in [0.29, 0.717) is 5.02 Å². The second kappa shape index (κ2) is 6.90. The van der Waals surface area contributed by atoms with Gasteiger partial charge in [0.15, 0.2) is 0 Å². The molecular formula is C16H14ClNO3. The fourth-order valence-corrected chi connectivity index (χ4v) is 2.19. The Labute approximate surface area is 127 Å². The molecule has 0 atom stereocenters. The van der Waals surface area contributed by atoms with E-state index in [1.807, 2.05) is 18.2 Å². The van der Waals surface area contributed by atoms with Gasteiger partial charge in [-0.25, -0.2) is 4.79 Å². The lowest BCUT2D eigenvalue weighted by Gasteiger charge is -2.08. The maximum Gasteiger partial charge on any atom is 0.335 e. The number of hydrogen-bond acceptors (Lipinski definition) is 2. The van der Waals surface area contributed by atoms with E-state index in [0.717, 1.165) is 25.1 Å². The summed E-state index contributed by atoms with van der Waals surface area (Å²) in [6.45, 7) is 0.836. The van der Waals surface area contributed by atoms with E-state index in [1.165, 1.54) is 17.7 Å². The van der Waals surface area contributed by atoms with Gasteiger partial charge in [0.05, 0.1) is 5.56 Å². The molecule has 1 amide bonds. The first-order chi connectivity index (χ1) is 10.1. The monoisotopic (exact) mass is 303 g/mol. The molecule has 0 saturated carbocycles. The number of carboxylic acids is 1. The number of carbonyl (C=O) groups is 2. The third-order valence-electron chi connectivity index (χ3n) is 3.14. The predicted octanol–water partition coefficient (Wildman–Crippen LogP) is 3.24. The number of para-hydroxylation sites is 1. The van der Waals surface area contributed by atoms with Gasteiger partial charge >= 0.3 is 5.97 Å². The smallest absolute Gasteiger partial charge is 0.335 e. The summed E-state index contributed by atoms with van der Waals surface area (Å²) >= 11 is 5.52. The van der Waals surface area contributed by atoms with Crippen LogP contribution in [0.2, 0.25) is 5.02 Å². The molecule has 3 rings (SSSR count). The summed E-state index contributed by atoms with van der Waals surface area (Å²) < 4.78 is 0. The van der Waals surface area contributed by atoms with E-state index < -0.39 is 5.97 Å². The third kappa shape index (κ3) is 3.83. The Morgan fingerprint density at radius 1 is 1.14 bits per heavy atom. The highest BCUT2D eigenvalue weighted by molar-refractivity contribution is 6.30. The van der Waals surface area contributed by atoms with Crippen molar-refractivity contribution in [3.05, 3.63) is 64.7 Å². The van der Waals surface area contributed by atoms with Crippen molar-refractivity contribution in [2.75, 3.05) is 11.4 Å². The molecule has 108 valence electrons. The van der Waals surface area contributed by atoms with E-state index in [2.05, 4.69) is 6.07 Å². The Morgan fingerprint density at radius 3 is 2.43 bits per heavy atom. The van der Waals surface area contributed by atoms with E-state index in [9.17, 15) is 9.59 Å². The number of hydrogen-bond donors (Lipinski definition) is 1. The van der Waals surface area contributed by atoms with Crippen molar-refractivity contribution in [2.24, 2.45) is 0 Å². The number of anilines is 1. The standard InChI is InChI=1S/C9H9NO.C7H5ClO2/c11-7-10-6-5-8-3-1-2-4-9(8)10;8-6-3-1-5(2-4-6)7(9)10/h1-4,7H,5-6H2;1-4H,(H,9,10). The summed E-state index contributed by atoms with van der Waals surface area (Å²) in [5, 5.41) is 8.98. The van der Waals surface area contributed by atoms with Gasteiger partial charge in [-0.05, 0) is 42.3 Å². The van der Waals surface area contributed by atoms with Crippen LogP contribution in [0.1, 0.15) is 15.9 Å². The molecule has 21 heavy (non-hydrogen) atoms. The van der Waals surface area contributed by atoms with Gasteiger partial charge in [-0.1, -0.05) is 29.8 Å². The van der Waals surface area contributed by atoms with Crippen molar-refractivity contribution in [2.45, 2.75) is 6.42 Å². The van der Waals surface area contributed by atoms with Crippen LogP contribution in [0.4, 0.5) is 5.69 Å². The van der Waals surface area contributed by atoms with Crippen LogP contribution >= 0.6 is 11.6 Å². The number of carboxylic acid groups (broad SMARTS) is 1. The molecule has 0 aliphatic carbocycles. The number of rotatable bonds is 2. The molecule has 2 aromatic rings. The minimum Gasteiger partial charge on any atom is -0.478 e. The van der Waals surface area contributed by atoms with Crippen LogP contribution in [0, 0.1) is 0 Å². The lowest BCUT2D eigenvalue weighted by atomic mass is 10.2. The highest BCUT2D eigenvalue weighted by Crippen LogP contribution is 2.25. The highest BCUT2D eigenvalue weighted by Gasteiger charge is 2.16. The van der Waals surface area contributed by atoms with E-state index >= 15 is 0 Å². The molecule has 0 saturated heterocycles. The molecule has 1 aliphatic rings. The van der Waals surface area contributed by atoms with E-state index in [1.54, 1.807) is 17.0 Å². The Balaban J connectivity index is 0.000000155. The summed E-state index contributed by atoms with van der Waals surface area (Å²) in [4.78, 5) is 22.5. The van der Waals surface area contributed by atoms with Crippen LogP contribution in [-0.2, 0) is 11.2 Å². The van der Waals surface area contributed by atoms with Gasteiger partial charge in [0, 0.05) is 17.3 Å². The van der Waals surface area contributed by atoms with E-state index in [-0.39, 0.29) is 5.56 Å². The molecule has 0 fully saturated rings. The van der Waals surface area contributed by atoms with Crippen LogP contribution in [-0.4, -0.2) is 24.0 Å². The third-order valence-corrected chi connectivity index (χ3v) is 3.39. The van der Waals surface area contributed by atoms with Gasteiger partial charge in [-0.15, -0.1) is 0 Å². The van der Waals surface area contributed by atoms with Gasteiger partial charge in [-0.3, -0.25) is 4.79 Å². The normalized spacial score (nSPS) is 12.1. The van der Waals surface area contributed by atoms with Crippen LogP contribution in [0.15, 0.2) is 48.5 Å². The van der Waals surface area contributed by atoms with Crippen molar-refractivity contribution in [3.8, 4) is 0 Å². The first-order valence-electron chi connectivity index (χ1n) is 6.40. The zero-order chi connectivity index (χ0) is 15.2. The Morgan fingerprint density at radius 2 is 1.81 bits per heavy atom. The molecule has 4 nitrogen and oxygen atoms in total. The molecule has 1 N–H and O–H groups in total. The Bertz CT molecular complexity index is 640. The van der Waals surface area contributed by atoms with Gasteiger partial charge in [0.1, 0.15) is 0 Å². The quantitative estimate of drug-likeness (QED) is 0.866. The lowest BCUT2D eigenvalue weighted by Crippen LogP contribution is -2.16. The largest absolute Gasteiger partial charge is 0.478 e. The average Bonchev–Trinajstić information content (AvgIpc) is 2.91. The molecule has 1 heterocycles. The van der Waals surface area contributed by atoms with Gasteiger partial charge in [0.2, 0.25) is 6.41 Å². The van der Waals surface area contributed by atoms with Gasteiger partial charge in [0.25, 0.3) is 0 Å². The molecule has 0 spiro atoms. The number of benzene rings is 2. The topological polar surface area (TPSA) is 57.6 Å². The first-order valence-corrected chi connectivity index (χ1v) is 6.78. The first kappa shape index (κ1) is 15.1. The molecule has 5 heteroatoms. The maximum atomic E-state index is 10.5. The highest BCUT2D eigenvalue weighted by atomic mass is 35.5. The Kier molecular flexibility index (Phi) is 4.95. The number of nitrogens with zero attached hydrogens (tertiary/aromatic N) is 1. The summed E-state index contributed by atoms with van der Waals surface area (Å²) in [6, 6.07) is 14.0. The SMILES string of the molecule is O=C(O)c1ccc(Cl)cc1.O=CN1CCc2ccccc21. The molecule has 0 bridgehead atoms. The molecular weight excluding hydrogens is 290 g/mol. The molecule has 0 aromatic heterocycles. The second-order valence-corrected chi connectivity index (χ2v) is 4.93. The maximum absolute atomic E-state index is 10.5. The van der Waals surface area contributed by atoms with Crippen molar-refractivity contribution in [1.82, 2.24) is 0 Å². The molecule has 0 radical (unpaired) electrons. The number of carbonyl (C=O) groups excluding carboxylic acids is 1. The lowest BCUT2D eigenvalue weighted by molar-refractivity contribution is -0.107. The van der Waals surface area contributed by atoms with Crippen LogP contribution in [0.5, 0.6) is 0 Å². The van der Waals surface area contributed by atoms with Crippen molar-refractivity contribution in [3.63, 3.8) is 0 Å². The summed E-state index contributed by atoms with van der Waals surface area (Å²) in [5.41, 5.74) is 2.60. The summed E-state index contributed by atoms with van der Waals surface area (Å²) in [7, 11) is 0. The summed E-state index contributed by atoms with van der Waals surface area (Å²) in [6.07, 6.45) is 1.89. The zero-order valence-corrected chi connectivity index (χ0v) is 12.0. The zero-order valence-electron chi connectivity index (χ0n) is 11.2. The van der Waals surface area contributed by atoms with Gasteiger partial charge in [-0.2, -0.15) is 0 Å². The predicted molar refractivity (Wildman–Crippen MR) is 82.0 cm³/mol. The molecule has 2 aromatic carbocycles. The minimum atomic E-state index is -0.934. The van der Waals surface area contributed by atoms with Crippen molar-refractivity contribution >= 4 is 29.7 Å². The molecule has 1 aliphatic heterocycles. The van der Waals surface area contributed by atoms with Gasteiger partial charge < -0.3 is 10.0 Å². The summed E-state index contributed by atoms with van der Waals surface area (Å²) in [5.74, 6) is -0.934. The number of fused-ring (bicyclic) bond motifs is 1. The van der Waals surface area contributed by atoms with Crippen LogP contribution in [0.3, 0.4) is 0 Å². The minimum absolute atomic E-state index is 0.254. The second-order valence-electron chi connectivity index (χ2n) is 4.49. The van der Waals surface area contributed by atoms with Crippen LogP contribution < -0.4 is 4.90 Å².